The average molecular weight is 371 g/mol. The third-order valence-electron chi connectivity index (χ3n) is 3.97. The van der Waals surface area contributed by atoms with Crippen LogP contribution in [-0.4, -0.2) is 29.0 Å². The Kier molecular flexibility index (Phi) is 5.68. The summed E-state index contributed by atoms with van der Waals surface area (Å²) in [7, 11) is 3.31. The summed E-state index contributed by atoms with van der Waals surface area (Å²) in [6, 6.07) is 7.66. The smallest absolute Gasteiger partial charge is 0.192 e. The number of thioether (sulfide) groups is 1. The van der Waals surface area contributed by atoms with Crippen molar-refractivity contribution in [3.8, 4) is 22.9 Å². The molecule has 0 aliphatic heterocycles. The normalized spacial score (nSPS) is 10.7. The van der Waals surface area contributed by atoms with E-state index in [0.29, 0.717) is 12.3 Å². The van der Waals surface area contributed by atoms with Gasteiger partial charge in [-0.3, -0.25) is 4.57 Å². The van der Waals surface area contributed by atoms with Gasteiger partial charge in [-0.15, -0.1) is 16.8 Å². The second kappa shape index (κ2) is 8.14. The summed E-state index contributed by atoms with van der Waals surface area (Å²) in [5.41, 5.74) is 1.97. The van der Waals surface area contributed by atoms with Crippen LogP contribution in [0.4, 0.5) is 0 Å². The molecule has 2 heterocycles. The molecule has 2 aromatic heterocycles. The fourth-order valence-corrected chi connectivity index (χ4v) is 3.57. The molecule has 0 spiro atoms. The number of methoxy groups -OCH3 is 2. The van der Waals surface area contributed by atoms with Crippen LogP contribution >= 0.6 is 11.8 Å². The minimum absolute atomic E-state index is 0.616. The molecule has 0 aliphatic rings. The molecule has 0 N–H and O–H groups in total. The highest BCUT2D eigenvalue weighted by atomic mass is 32.2. The Bertz CT molecular complexity index is 901. The number of benzene rings is 1. The van der Waals surface area contributed by atoms with Crippen molar-refractivity contribution >= 4 is 11.8 Å². The van der Waals surface area contributed by atoms with Crippen molar-refractivity contribution in [1.29, 1.82) is 0 Å². The van der Waals surface area contributed by atoms with Gasteiger partial charge in [-0.2, -0.15) is 0 Å². The fourth-order valence-electron chi connectivity index (χ4n) is 2.64. The molecule has 0 amide bonds. The Labute approximate surface area is 156 Å². The lowest BCUT2D eigenvalue weighted by atomic mass is 10.2. The average Bonchev–Trinajstić information content (AvgIpc) is 3.25. The summed E-state index contributed by atoms with van der Waals surface area (Å²) in [6.07, 6.45) is 3.49. The molecule has 3 rings (SSSR count). The highest BCUT2D eigenvalue weighted by Crippen LogP contribution is 2.32. The van der Waals surface area contributed by atoms with E-state index in [1.807, 2.05) is 41.8 Å². The summed E-state index contributed by atoms with van der Waals surface area (Å²) >= 11 is 1.59. The molecular formula is C19H21N3O3S. The zero-order chi connectivity index (χ0) is 18.5. The Morgan fingerprint density at radius 2 is 2.08 bits per heavy atom. The van der Waals surface area contributed by atoms with Gasteiger partial charge in [0.05, 0.1) is 26.0 Å². The van der Waals surface area contributed by atoms with Crippen molar-refractivity contribution in [3.05, 3.63) is 54.5 Å². The van der Waals surface area contributed by atoms with Crippen LogP contribution in [0.5, 0.6) is 11.5 Å². The summed E-state index contributed by atoms with van der Waals surface area (Å²) < 4.78 is 18.2. The van der Waals surface area contributed by atoms with E-state index in [-0.39, 0.29) is 0 Å². The lowest BCUT2D eigenvalue weighted by Gasteiger charge is -2.11. The van der Waals surface area contributed by atoms with Gasteiger partial charge in [0.2, 0.25) is 0 Å². The summed E-state index contributed by atoms with van der Waals surface area (Å²) in [5, 5.41) is 9.52. The first-order valence-electron chi connectivity index (χ1n) is 8.10. The van der Waals surface area contributed by atoms with Crippen LogP contribution in [-0.2, 0) is 12.3 Å². The Morgan fingerprint density at radius 1 is 1.23 bits per heavy atom. The molecule has 0 radical (unpaired) electrons. The SMILES string of the molecule is C=CCn1c(SCc2cc(OC)ccc2OC)nnc1-c1ccoc1C. The number of aromatic nitrogens is 3. The van der Waals surface area contributed by atoms with Crippen LogP contribution in [0.1, 0.15) is 11.3 Å². The van der Waals surface area contributed by atoms with Crippen LogP contribution in [0, 0.1) is 6.92 Å². The first-order chi connectivity index (χ1) is 12.7. The van der Waals surface area contributed by atoms with Gasteiger partial charge in [-0.05, 0) is 31.2 Å². The van der Waals surface area contributed by atoms with E-state index in [9.17, 15) is 0 Å². The van der Waals surface area contributed by atoms with Crippen LogP contribution in [0.15, 0.2) is 52.8 Å². The molecule has 0 unspecified atom stereocenters. The van der Waals surface area contributed by atoms with E-state index in [1.165, 1.54) is 0 Å². The zero-order valence-corrected chi connectivity index (χ0v) is 15.9. The van der Waals surface area contributed by atoms with Gasteiger partial charge in [0, 0.05) is 17.9 Å². The molecule has 3 aromatic rings. The van der Waals surface area contributed by atoms with Crippen molar-refractivity contribution in [1.82, 2.24) is 14.8 Å². The predicted octanol–water partition coefficient (Wildman–Crippen LogP) is 4.34. The summed E-state index contributed by atoms with van der Waals surface area (Å²) in [5.74, 6) is 3.88. The Morgan fingerprint density at radius 3 is 2.73 bits per heavy atom. The molecule has 26 heavy (non-hydrogen) atoms. The largest absolute Gasteiger partial charge is 0.497 e. The number of hydrogen-bond donors (Lipinski definition) is 0. The topological polar surface area (TPSA) is 62.3 Å². The minimum Gasteiger partial charge on any atom is -0.497 e. The molecule has 0 bridgehead atoms. The first-order valence-corrected chi connectivity index (χ1v) is 9.08. The number of allylic oxidation sites excluding steroid dienone is 1. The molecule has 1 aromatic carbocycles. The van der Waals surface area contributed by atoms with E-state index in [4.69, 9.17) is 13.9 Å². The molecule has 7 heteroatoms. The standard InChI is InChI=1S/C19H21N3O3S/c1-5-9-22-18(16-8-10-25-13(16)2)20-21-19(22)26-12-14-11-15(23-3)6-7-17(14)24-4/h5-8,10-11H,1,9,12H2,2-4H3. The number of hydrogen-bond acceptors (Lipinski definition) is 6. The number of nitrogens with zero attached hydrogens (tertiary/aromatic N) is 3. The summed E-state index contributed by atoms with van der Waals surface area (Å²) in [6.45, 7) is 6.37. The van der Waals surface area contributed by atoms with Gasteiger partial charge in [-0.25, -0.2) is 0 Å². The van der Waals surface area contributed by atoms with Gasteiger partial charge in [-0.1, -0.05) is 17.8 Å². The van der Waals surface area contributed by atoms with Gasteiger partial charge in [0.1, 0.15) is 17.3 Å². The molecule has 0 saturated heterocycles. The monoisotopic (exact) mass is 371 g/mol. The zero-order valence-electron chi connectivity index (χ0n) is 15.1. The van der Waals surface area contributed by atoms with Crippen LogP contribution in [0.3, 0.4) is 0 Å². The van der Waals surface area contributed by atoms with E-state index >= 15 is 0 Å². The molecule has 6 nitrogen and oxygen atoms in total. The van der Waals surface area contributed by atoms with Crippen molar-refractivity contribution in [2.45, 2.75) is 24.4 Å². The van der Waals surface area contributed by atoms with E-state index in [2.05, 4.69) is 16.8 Å². The summed E-state index contributed by atoms with van der Waals surface area (Å²) in [4.78, 5) is 0. The second-order valence-electron chi connectivity index (χ2n) is 5.56. The molecular weight excluding hydrogens is 350 g/mol. The maximum absolute atomic E-state index is 5.45. The van der Waals surface area contributed by atoms with E-state index in [1.54, 1.807) is 32.2 Å². The minimum atomic E-state index is 0.616. The predicted molar refractivity (Wildman–Crippen MR) is 102 cm³/mol. The van der Waals surface area contributed by atoms with E-state index < -0.39 is 0 Å². The van der Waals surface area contributed by atoms with Crippen LogP contribution < -0.4 is 9.47 Å². The van der Waals surface area contributed by atoms with Gasteiger partial charge >= 0.3 is 0 Å². The molecule has 0 fully saturated rings. The van der Waals surface area contributed by atoms with Crippen LogP contribution in [0.25, 0.3) is 11.4 Å². The molecule has 0 aliphatic carbocycles. The number of rotatable bonds is 8. The van der Waals surface area contributed by atoms with Crippen molar-refractivity contribution in [2.75, 3.05) is 14.2 Å². The quantitative estimate of drug-likeness (QED) is 0.433. The molecule has 0 atom stereocenters. The van der Waals surface area contributed by atoms with E-state index in [0.717, 1.165) is 39.4 Å². The lowest BCUT2D eigenvalue weighted by molar-refractivity contribution is 0.400. The van der Waals surface area contributed by atoms with Gasteiger partial charge in [0.25, 0.3) is 0 Å². The Hall–Kier alpha value is -2.67. The number of aryl methyl sites for hydroxylation is 1. The van der Waals surface area contributed by atoms with Crippen LogP contribution in [0.2, 0.25) is 0 Å². The van der Waals surface area contributed by atoms with Crippen molar-refractivity contribution < 1.29 is 13.9 Å². The molecule has 0 saturated carbocycles. The number of ether oxygens (including phenoxy) is 2. The third kappa shape index (κ3) is 3.62. The van der Waals surface area contributed by atoms with Crippen molar-refractivity contribution in [3.63, 3.8) is 0 Å². The maximum atomic E-state index is 5.45. The third-order valence-corrected chi connectivity index (χ3v) is 4.99. The van der Waals surface area contributed by atoms with Crippen molar-refractivity contribution in [2.24, 2.45) is 0 Å². The maximum Gasteiger partial charge on any atom is 0.192 e. The Balaban J connectivity index is 1.88. The van der Waals surface area contributed by atoms with Gasteiger partial charge in [0.15, 0.2) is 11.0 Å². The lowest BCUT2D eigenvalue weighted by Crippen LogP contribution is -2.01. The highest BCUT2D eigenvalue weighted by Gasteiger charge is 2.17. The fraction of sp³-hybridized carbons (Fsp3) is 0.263. The first kappa shape index (κ1) is 18.1. The molecule has 136 valence electrons. The second-order valence-corrected chi connectivity index (χ2v) is 6.50. The van der Waals surface area contributed by atoms with Gasteiger partial charge < -0.3 is 13.9 Å². The highest BCUT2D eigenvalue weighted by molar-refractivity contribution is 7.98. The number of furan rings is 1.